The van der Waals surface area contributed by atoms with Crippen LogP contribution in [0.3, 0.4) is 0 Å². The Morgan fingerprint density at radius 2 is 1.50 bits per heavy atom. The Balaban J connectivity index is 2.30. The number of rotatable bonds is 3. The molecule has 0 bridgehead atoms. The summed E-state index contributed by atoms with van der Waals surface area (Å²) in [4.78, 5) is 22.5. The molecule has 0 aliphatic carbocycles. The zero-order chi connectivity index (χ0) is 16.5. The highest BCUT2D eigenvalue weighted by atomic mass is 19.4. The topological polar surface area (TPSA) is 63.6 Å². The van der Waals surface area contributed by atoms with Gasteiger partial charge in [-0.2, -0.15) is 13.2 Å². The van der Waals surface area contributed by atoms with Crippen LogP contribution in [0.25, 0.3) is 10.8 Å². The number of benzene rings is 2. The first kappa shape index (κ1) is 15.6. The SMILES string of the molecule is C=C(OC(=O)c1ccc2cc(C(=O)O)ccc2c1)C(F)(F)F. The molecule has 0 saturated carbocycles. The molecule has 0 aliphatic rings. The molecule has 7 heteroatoms. The molecule has 2 aromatic carbocycles. The zero-order valence-corrected chi connectivity index (χ0v) is 11.0. The number of carboxylic acid groups (broad SMARTS) is 1. The number of carbonyl (C=O) groups is 2. The van der Waals surface area contributed by atoms with Gasteiger partial charge >= 0.3 is 18.1 Å². The van der Waals surface area contributed by atoms with Crippen molar-refractivity contribution < 1.29 is 32.6 Å². The number of alkyl halides is 3. The second kappa shape index (κ2) is 5.51. The normalized spacial score (nSPS) is 11.2. The Kier molecular flexibility index (Phi) is 3.90. The lowest BCUT2D eigenvalue weighted by molar-refractivity contribution is -0.122. The summed E-state index contributed by atoms with van der Waals surface area (Å²) in [5.41, 5.74) is -0.0331. The number of allylic oxidation sites excluding steroid dienone is 1. The minimum atomic E-state index is -4.82. The van der Waals surface area contributed by atoms with Gasteiger partial charge in [0, 0.05) is 0 Å². The maximum Gasteiger partial charge on any atom is 0.449 e. The number of carbonyl (C=O) groups excluding carboxylic acids is 1. The van der Waals surface area contributed by atoms with E-state index in [0.29, 0.717) is 10.8 Å². The van der Waals surface area contributed by atoms with Crippen molar-refractivity contribution in [1.82, 2.24) is 0 Å². The highest BCUT2D eigenvalue weighted by Crippen LogP contribution is 2.26. The molecule has 1 N–H and O–H groups in total. The number of carboxylic acids is 1. The lowest BCUT2D eigenvalue weighted by atomic mass is 10.0. The van der Waals surface area contributed by atoms with Crippen LogP contribution in [0.4, 0.5) is 13.2 Å². The van der Waals surface area contributed by atoms with E-state index in [1.54, 1.807) is 0 Å². The summed E-state index contributed by atoms with van der Waals surface area (Å²) < 4.78 is 41.0. The summed E-state index contributed by atoms with van der Waals surface area (Å²) in [6, 6.07) is 8.16. The highest BCUT2D eigenvalue weighted by molar-refractivity contribution is 5.98. The van der Waals surface area contributed by atoms with E-state index in [4.69, 9.17) is 5.11 Å². The van der Waals surface area contributed by atoms with Crippen molar-refractivity contribution in [2.24, 2.45) is 0 Å². The van der Waals surface area contributed by atoms with Gasteiger partial charge in [-0.15, -0.1) is 0 Å². The van der Waals surface area contributed by atoms with Crippen LogP contribution in [-0.2, 0) is 4.74 Å². The van der Waals surface area contributed by atoms with Gasteiger partial charge in [-0.25, -0.2) is 9.59 Å². The van der Waals surface area contributed by atoms with Crippen molar-refractivity contribution in [3.63, 3.8) is 0 Å². The van der Waals surface area contributed by atoms with Crippen LogP contribution >= 0.6 is 0 Å². The summed E-state index contributed by atoms with van der Waals surface area (Å²) in [6.07, 6.45) is -4.82. The molecule has 0 radical (unpaired) electrons. The first-order valence-electron chi connectivity index (χ1n) is 5.94. The quantitative estimate of drug-likeness (QED) is 0.692. The molecule has 0 aromatic heterocycles. The lowest BCUT2D eigenvalue weighted by Gasteiger charge is -2.10. The standard InChI is InChI=1S/C15H9F3O4/c1-8(15(16,17)18)22-14(21)12-5-3-9-6-11(13(19)20)4-2-10(9)7-12/h2-7H,1H2,(H,19,20). The van der Waals surface area contributed by atoms with Gasteiger partial charge in [0.1, 0.15) is 0 Å². The minimum absolute atomic E-state index is 0.0632. The number of aromatic carboxylic acids is 1. The van der Waals surface area contributed by atoms with Crippen LogP contribution in [-0.4, -0.2) is 23.2 Å². The van der Waals surface area contributed by atoms with Crippen LogP contribution in [0.5, 0.6) is 0 Å². The van der Waals surface area contributed by atoms with Gasteiger partial charge < -0.3 is 9.84 Å². The molecule has 0 spiro atoms. The lowest BCUT2D eigenvalue weighted by Crippen LogP contribution is -2.17. The Morgan fingerprint density at radius 1 is 1.00 bits per heavy atom. The van der Waals surface area contributed by atoms with Crippen molar-refractivity contribution in [3.8, 4) is 0 Å². The Labute approximate surface area is 122 Å². The molecular formula is C15H9F3O4. The molecule has 22 heavy (non-hydrogen) atoms. The second-order valence-corrected chi connectivity index (χ2v) is 4.39. The molecular weight excluding hydrogens is 301 g/mol. The molecule has 0 saturated heterocycles. The van der Waals surface area contributed by atoms with Crippen molar-refractivity contribution in [2.45, 2.75) is 6.18 Å². The number of fused-ring (bicyclic) bond motifs is 1. The summed E-state index contributed by atoms with van der Waals surface area (Å²) in [6.45, 7) is 2.65. The van der Waals surface area contributed by atoms with Gasteiger partial charge in [-0.3, -0.25) is 0 Å². The molecule has 114 valence electrons. The number of ether oxygens (including phenoxy) is 1. The predicted octanol–water partition coefficient (Wildman–Crippen LogP) is 3.77. The van der Waals surface area contributed by atoms with E-state index in [2.05, 4.69) is 11.3 Å². The van der Waals surface area contributed by atoms with Crippen molar-refractivity contribution >= 4 is 22.7 Å². The van der Waals surface area contributed by atoms with E-state index in [1.807, 2.05) is 0 Å². The molecule has 2 rings (SSSR count). The van der Waals surface area contributed by atoms with E-state index < -0.39 is 23.9 Å². The fraction of sp³-hybridized carbons (Fsp3) is 0.0667. The molecule has 0 atom stereocenters. The third kappa shape index (κ3) is 3.25. The van der Waals surface area contributed by atoms with Gasteiger partial charge in [0.25, 0.3) is 0 Å². The van der Waals surface area contributed by atoms with Crippen LogP contribution in [0.2, 0.25) is 0 Å². The summed E-state index contributed by atoms with van der Waals surface area (Å²) in [5, 5.41) is 9.90. The summed E-state index contributed by atoms with van der Waals surface area (Å²) >= 11 is 0. The predicted molar refractivity (Wildman–Crippen MR) is 71.5 cm³/mol. The average molecular weight is 310 g/mol. The van der Waals surface area contributed by atoms with Crippen LogP contribution in [0, 0.1) is 0 Å². The third-order valence-corrected chi connectivity index (χ3v) is 2.85. The first-order valence-corrected chi connectivity index (χ1v) is 5.94. The van der Waals surface area contributed by atoms with E-state index in [0.717, 1.165) is 0 Å². The second-order valence-electron chi connectivity index (χ2n) is 4.39. The van der Waals surface area contributed by atoms with Crippen molar-refractivity contribution in [2.75, 3.05) is 0 Å². The molecule has 0 aliphatic heterocycles. The van der Waals surface area contributed by atoms with Gasteiger partial charge in [0.2, 0.25) is 5.76 Å². The van der Waals surface area contributed by atoms with Gasteiger partial charge in [0.15, 0.2) is 0 Å². The van der Waals surface area contributed by atoms with Crippen LogP contribution in [0.15, 0.2) is 48.7 Å². The van der Waals surface area contributed by atoms with E-state index in [1.165, 1.54) is 36.4 Å². The minimum Gasteiger partial charge on any atom is -0.478 e. The third-order valence-electron chi connectivity index (χ3n) is 2.85. The molecule has 2 aromatic rings. The molecule has 4 nitrogen and oxygen atoms in total. The Morgan fingerprint density at radius 3 is 2.00 bits per heavy atom. The molecule has 0 unspecified atom stereocenters. The summed E-state index contributed by atoms with van der Waals surface area (Å²) in [5.74, 6) is -3.89. The highest BCUT2D eigenvalue weighted by Gasteiger charge is 2.35. The molecule has 0 fully saturated rings. The summed E-state index contributed by atoms with van der Waals surface area (Å²) in [7, 11) is 0. The smallest absolute Gasteiger partial charge is 0.449 e. The Bertz CT molecular complexity index is 778. The maximum absolute atomic E-state index is 12.3. The number of hydrogen-bond donors (Lipinski definition) is 1. The van der Waals surface area contributed by atoms with Gasteiger partial charge in [-0.1, -0.05) is 18.7 Å². The fourth-order valence-corrected chi connectivity index (χ4v) is 1.73. The van der Waals surface area contributed by atoms with Gasteiger partial charge in [0.05, 0.1) is 11.1 Å². The largest absolute Gasteiger partial charge is 0.478 e. The van der Waals surface area contributed by atoms with E-state index in [9.17, 15) is 22.8 Å². The van der Waals surface area contributed by atoms with Crippen molar-refractivity contribution in [1.29, 1.82) is 0 Å². The number of esters is 1. The molecule has 0 amide bonds. The fourth-order valence-electron chi connectivity index (χ4n) is 1.73. The van der Waals surface area contributed by atoms with E-state index in [-0.39, 0.29) is 11.1 Å². The zero-order valence-electron chi connectivity index (χ0n) is 11.0. The van der Waals surface area contributed by atoms with Crippen LogP contribution in [0.1, 0.15) is 20.7 Å². The maximum atomic E-state index is 12.3. The van der Waals surface area contributed by atoms with Crippen molar-refractivity contribution in [3.05, 3.63) is 59.9 Å². The van der Waals surface area contributed by atoms with Crippen LogP contribution < -0.4 is 0 Å². The van der Waals surface area contributed by atoms with Gasteiger partial charge in [-0.05, 0) is 35.0 Å². The average Bonchev–Trinajstić information content (AvgIpc) is 2.44. The monoisotopic (exact) mass is 310 g/mol. The molecule has 0 heterocycles. The van der Waals surface area contributed by atoms with E-state index >= 15 is 0 Å². The number of hydrogen-bond acceptors (Lipinski definition) is 3. The number of halogens is 3. The first-order chi connectivity index (χ1) is 10.2. The Hall–Kier alpha value is -2.83.